The summed E-state index contributed by atoms with van der Waals surface area (Å²) in [6.07, 6.45) is 5.42. The fourth-order valence-corrected chi connectivity index (χ4v) is 5.21. The summed E-state index contributed by atoms with van der Waals surface area (Å²) in [4.78, 5) is 16.3. The lowest BCUT2D eigenvalue weighted by Crippen LogP contribution is -2.39. The van der Waals surface area contributed by atoms with Crippen molar-refractivity contribution in [2.24, 2.45) is 5.92 Å². The predicted molar refractivity (Wildman–Crippen MR) is 133 cm³/mol. The molecule has 0 saturated carbocycles. The minimum Gasteiger partial charge on any atom is -0.497 e. The number of hydrogen-bond donors (Lipinski definition) is 3. The number of allylic oxidation sites excluding steroid dienone is 1. The Morgan fingerprint density at radius 2 is 2.21 bits per heavy atom. The largest absolute Gasteiger partial charge is 0.497 e. The number of hydrogen-bond acceptors (Lipinski definition) is 6. The van der Waals surface area contributed by atoms with Crippen LogP contribution in [0.1, 0.15) is 36.8 Å². The molecule has 3 atom stereocenters. The van der Waals surface area contributed by atoms with E-state index in [0.717, 1.165) is 34.2 Å². The van der Waals surface area contributed by atoms with Gasteiger partial charge in [0.05, 0.1) is 7.11 Å². The summed E-state index contributed by atoms with van der Waals surface area (Å²) in [5.74, 6) is 0.859. The fourth-order valence-electron chi connectivity index (χ4n) is 4.50. The van der Waals surface area contributed by atoms with Crippen LogP contribution in [0.25, 0.3) is 10.9 Å². The number of aromatic amines is 1. The Bertz CT molecular complexity index is 1110. The molecule has 0 saturated heterocycles. The lowest BCUT2D eigenvalue weighted by Gasteiger charge is -2.36. The van der Waals surface area contributed by atoms with Crippen LogP contribution in [0.15, 0.2) is 53.1 Å². The Kier molecular flexibility index (Phi) is 8.26. The van der Waals surface area contributed by atoms with Crippen molar-refractivity contribution in [3.63, 3.8) is 0 Å². The first kappa shape index (κ1) is 24.3. The SMILES string of the molecule is CCO[C@@H]1OC(C(=O)NCCc2c[nH]c3ccc(OC)cc23)=C[C@H](c2ccsc2)[C@H]1CCCO. The standard InChI is InChI=1S/C26H32N2O5S/c1-3-32-26-20(5-4-11-29)21(18-9-12-34-16-18)14-24(33-26)25(30)27-10-8-17-15-28-23-7-6-19(31-2)13-22(17)23/h6-7,9,12-16,20-21,26,28-29H,3-5,8,10-11H2,1-2H3,(H,27,30)/t20-,21-,26-/m1/s1. The second-order valence-corrected chi connectivity index (χ2v) is 9.10. The lowest BCUT2D eigenvalue weighted by atomic mass is 9.81. The van der Waals surface area contributed by atoms with E-state index in [-0.39, 0.29) is 30.1 Å². The summed E-state index contributed by atoms with van der Waals surface area (Å²) >= 11 is 1.63. The lowest BCUT2D eigenvalue weighted by molar-refractivity contribution is -0.166. The molecule has 8 heteroatoms. The van der Waals surface area contributed by atoms with Crippen LogP contribution in [0.4, 0.5) is 0 Å². The van der Waals surface area contributed by atoms with Crippen LogP contribution >= 0.6 is 11.3 Å². The highest BCUT2D eigenvalue weighted by Crippen LogP contribution is 2.40. The number of amides is 1. The second-order valence-electron chi connectivity index (χ2n) is 8.32. The van der Waals surface area contributed by atoms with Crippen LogP contribution in [-0.4, -0.2) is 49.2 Å². The average molecular weight is 485 g/mol. The summed E-state index contributed by atoms with van der Waals surface area (Å²) in [6.45, 7) is 2.98. The third-order valence-electron chi connectivity index (χ3n) is 6.22. The molecule has 34 heavy (non-hydrogen) atoms. The molecular weight excluding hydrogens is 452 g/mol. The van der Waals surface area contributed by atoms with Crippen molar-refractivity contribution in [1.82, 2.24) is 10.3 Å². The van der Waals surface area contributed by atoms with E-state index >= 15 is 0 Å². The van der Waals surface area contributed by atoms with Gasteiger partial charge in [-0.15, -0.1) is 0 Å². The number of carbonyl (C=O) groups excluding carboxylic acids is 1. The van der Waals surface area contributed by atoms with E-state index in [9.17, 15) is 9.90 Å². The quantitative estimate of drug-likeness (QED) is 0.376. The van der Waals surface area contributed by atoms with Gasteiger partial charge in [0.2, 0.25) is 6.29 Å². The number of fused-ring (bicyclic) bond motifs is 1. The zero-order chi connectivity index (χ0) is 23.9. The monoisotopic (exact) mass is 484 g/mol. The summed E-state index contributed by atoms with van der Waals surface area (Å²) < 4.78 is 17.3. The summed E-state index contributed by atoms with van der Waals surface area (Å²) in [6, 6.07) is 7.99. The molecule has 7 nitrogen and oxygen atoms in total. The second kappa shape index (κ2) is 11.6. The molecule has 0 bridgehead atoms. The average Bonchev–Trinajstić information content (AvgIpc) is 3.53. The highest BCUT2D eigenvalue weighted by atomic mass is 32.1. The molecule has 0 radical (unpaired) electrons. The minimum atomic E-state index is -0.534. The molecule has 3 heterocycles. The number of aliphatic hydroxyl groups excluding tert-OH is 1. The normalized spacial score (nSPS) is 20.1. The van der Waals surface area contributed by atoms with E-state index in [1.165, 1.54) is 0 Å². The van der Waals surface area contributed by atoms with Gasteiger partial charge in [0.1, 0.15) is 5.75 Å². The maximum atomic E-state index is 13.1. The zero-order valence-electron chi connectivity index (χ0n) is 19.6. The van der Waals surface area contributed by atoms with Gasteiger partial charge in [-0.2, -0.15) is 11.3 Å². The number of H-pyrrole nitrogens is 1. The molecule has 182 valence electrons. The van der Waals surface area contributed by atoms with E-state index in [4.69, 9.17) is 14.2 Å². The van der Waals surface area contributed by atoms with Gasteiger partial charge in [-0.05, 0) is 78.4 Å². The van der Waals surface area contributed by atoms with Crippen molar-refractivity contribution >= 4 is 28.1 Å². The van der Waals surface area contributed by atoms with E-state index in [1.54, 1.807) is 18.4 Å². The Morgan fingerprint density at radius 1 is 1.32 bits per heavy atom. The number of rotatable bonds is 11. The maximum absolute atomic E-state index is 13.1. The number of methoxy groups -OCH3 is 1. The van der Waals surface area contributed by atoms with Gasteiger partial charge in [-0.1, -0.05) is 0 Å². The number of ether oxygens (including phenoxy) is 3. The van der Waals surface area contributed by atoms with Gasteiger partial charge >= 0.3 is 0 Å². The van der Waals surface area contributed by atoms with Crippen LogP contribution in [0.3, 0.4) is 0 Å². The first-order valence-corrected chi connectivity index (χ1v) is 12.6. The van der Waals surface area contributed by atoms with Crippen molar-refractivity contribution in [1.29, 1.82) is 0 Å². The van der Waals surface area contributed by atoms with Crippen molar-refractivity contribution in [3.8, 4) is 5.75 Å². The molecule has 0 unspecified atom stereocenters. The third-order valence-corrected chi connectivity index (χ3v) is 6.92. The van der Waals surface area contributed by atoms with Gasteiger partial charge in [-0.25, -0.2) is 0 Å². The van der Waals surface area contributed by atoms with Gasteiger partial charge in [0.15, 0.2) is 5.76 Å². The first-order chi connectivity index (χ1) is 16.6. The van der Waals surface area contributed by atoms with Crippen LogP contribution < -0.4 is 10.1 Å². The summed E-state index contributed by atoms with van der Waals surface area (Å²) in [5.41, 5.74) is 3.28. The van der Waals surface area contributed by atoms with Crippen LogP contribution in [0.5, 0.6) is 5.75 Å². The molecule has 0 fully saturated rings. The number of aromatic nitrogens is 1. The maximum Gasteiger partial charge on any atom is 0.286 e. The van der Waals surface area contributed by atoms with Crippen LogP contribution in [-0.2, 0) is 20.7 Å². The van der Waals surface area contributed by atoms with Gasteiger partial charge in [-0.3, -0.25) is 4.79 Å². The van der Waals surface area contributed by atoms with E-state index in [1.807, 2.05) is 42.8 Å². The highest BCUT2D eigenvalue weighted by molar-refractivity contribution is 7.08. The van der Waals surface area contributed by atoms with Crippen molar-refractivity contribution < 1.29 is 24.1 Å². The number of aliphatic hydroxyl groups is 1. The topological polar surface area (TPSA) is 92.8 Å². The Labute approximate surface area is 203 Å². The van der Waals surface area contributed by atoms with Crippen molar-refractivity contribution in [3.05, 3.63) is 64.2 Å². The smallest absolute Gasteiger partial charge is 0.286 e. The van der Waals surface area contributed by atoms with Gasteiger partial charge in [0.25, 0.3) is 5.91 Å². The third kappa shape index (κ3) is 5.46. The first-order valence-electron chi connectivity index (χ1n) is 11.7. The van der Waals surface area contributed by atoms with Crippen molar-refractivity contribution in [2.75, 3.05) is 26.9 Å². The minimum absolute atomic E-state index is 0.00932. The Morgan fingerprint density at radius 3 is 2.94 bits per heavy atom. The molecule has 0 aliphatic carbocycles. The number of carbonyl (C=O) groups is 1. The summed E-state index contributed by atoms with van der Waals surface area (Å²) in [5, 5.41) is 17.6. The van der Waals surface area contributed by atoms with E-state index < -0.39 is 6.29 Å². The summed E-state index contributed by atoms with van der Waals surface area (Å²) in [7, 11) is 1.65. The fraction of sp³-hybridized carbons (Fsp3) is 0.423. The van der Waals surface area contributed by atoms with Crippen LogP contribution in [0.2, 0.25) is 0 Å². The number of benzene rings is 1. The van der Waals surface area contributed by atoms with E-state index in [2.05, 4.69) is 21.7 Å². The van der Waals surface area contributed by atoms with Gasteiger partial charge < -0.3 is 29.6 Å². The molecule has 3 N–H and O–H groups in total. The Balaban J connectivity index is 1.47. The van der Waals surface area contributed by atoms with Gasteiger partial charge in [0, 0.05) is 48.7 Å². The zero-order valence-corrected chi connectivity index (χ0v) is 20.4. The molecule has 1 aliphatic heterocycles. The van der Waals surface area contributed by atoms with Crippen LogP contribution in [0, 0.1) is 5.92 Å². The number of thiophene rings is 1. The molecule has 4 rings (SSSR count). The van der Waals surface area contributed by atoms with Crippen molar-refractivity contribution in [2.45, 2.75) is 38.4 Å². The molecule has 1 aliphatic rings. The molecular formula is C26H32N2O5S. The number of nitrogens with one attached hydrogen (secondary N) is 2. The predicted octanol–water partition coefficient (Wildman–Crippen LogP) is 4.35. The molecule has 1 amide bonds. The molecule has 0 spiro atoms. The molecule has 3 aromatic rings. The Hall–Kier alpha value is -2.81. The molecule has 1 aromatic carbocycles. The van der Waals surface area contributed by atoms with E-state index in [0.29, 0.717) is 26.0 Å². The molecule has 2 aromatic heterocycles. The highest BCUT2D eigenvalue weighted by Gasteiger charge is 2.37.